The average Bonchev–Trinajstić information content (AvgIpc) is 2.75. The van der Waals surface area contributed by atoms with Gasteiger partial charge in [0.05, 0.1) is 5.69 Å². The fourth-order valence-corrected chi connectivity index (χ4v) is 2.17. The maximum atomic E-state index is 6.29. The lowest BCUT2D eigenvalue weighted by molar-refractivity contribution is 0.496. The Morgan fingerprint density at radius 1 is 1.75 bits per heavy atom. The molecule has 2 rings (SSSR count). The summed E-state index contributed by atoms with van der Waals surface area (Å²) in [5, 5.41) is 4.28. The van der Waals surface area contributed by atoms with Crippen LogP contribution in [0.3, 0.4) is 0 Å². The molecule has 0 saturated heterocycles. The van der Waals surface area contributed by atoms with Crippen LogP contribution in [0.1, 0.15) is 18.5 Å². The zero-order valence-electron chi connectivity index (χ0n) is 6.80. The fourth-order valence-electron chi connectivity index (χ4n) is 1.20. The van der Waals surface area contributed by atoms with Crippen LogP contribution in [-0.2, 0) is 3.91 Å². The number of nitrogens with zero attached hydrogens (tertiary/aromatic N) is 2. The zero-order valence-corrected chi connectivity index (χ0v) is 9.14. The molecule has 0 aromatic carbocycles. The molecule has 1 heterocycles. The molecule has 4 heteroatoms. The molecule has 66 valence electrons. The molecule has 0 radical (unpaired) electrons. The normalized spacial score (nSPS) is 22.2. The topological polar surface area (TPSA) is 17.8 Å². The number of aromatic nitrogens is 2. The molecule has 0 aliphatic heterocycles. The first-order valence-electron chi connectivity index (χ1n) is 4.01. The lowest BCUT2D eigenvalue weighted by Crippen LogP contribution is -2.22. The Morgan fingerprint density at radius 2 is 2.42 bits per heavy atom. The lowest BCUT2D eigenvalue weighted by Gasteiger charge is -2.19. The minimum Gasteiger partial charge on any atom is -0.241 e. The van der Waals surface area contributed by atoms with Gasteiger partial charge >= 0.3 is 0 Å². The summed E-state index contributed by atoms with van der Waals surface area (Å²) in [5.41, 5.74) is 1.00. The first-order valence-corrected chi connectivity index (χ1v) is 5.18. The predicted octanol–water partition coefficient (Wildman–Crippen LogP) is 2.85. The van der Waals surface area contributed by atoms with Gasteiger partial charge in [-0.15, -0.1) is 0 Å². The van der Waals surface area contributed by atoms with Gasteiger partial charge in [-0.1, -0.05) is 11.6 Å². The fraction of sp³-hybridized carbons (Fsp3) is 0.625. The number of alkyl halides is 2. The molecule has 1 aromatic rings. The molecule has 1 atom stereocenters. The Labute approximate surface area is 85.0 Å². The molecular weight excluding hydrogens is 239 g/mol. The average molecular weight is 250 g/mol. The Morgan fingerprint density at radius 3 is 2.83 bits per heavy atom. The van der Waals surface area contributed by atoms with E-state index < -0.39 is 3.91 Å². The Kier molecular flexibility index (Phi) is 1.96. The van der Waals surface area contributed by atoms with Gasteiger partial charge in [-0.05, 0) is 41.8 Å². The van der Waals surface area contributed by atoms with E-state index in [-0.39, 0.29) is 0 Å². The summed E-state index contributed by atoms with van der Waals surface area (Å²) in [6.45, 7) is 1.96. The van der Waals surface area contributed by atoms with E-state index in [1.165, 1.54) is 12.8 Å². The number of hydrogen-bond donors (Lipinski definition) is 0. The van der Waals surface area contributed by atoms with E-state index in [1.807, 2.05) is 19.2 Å². The predicted molar refractivity (Wildman–Crippen MR) is 52.4 cm³/mol. The third-order valence-electron chi connectivity index (χ3n) is 2.10. The second kappa shape index (κ2) is 2.74. The molecule has 1 aliphatic rings. The maximum absolute atomic E-state index is 6.29. The zero-order chi connectivity index (χ0) is 8.77. The van der Waals surface area contributed by atoms with Gasteiger partial charge in [0.1, 0.15) is 0 Å². The summed E-state index contributed by atoms with van der Waals surface area (Å²) in [7, 11) is 0. The third kappa shape index (κ3) is 1.40. The first-order chi connectivity index (χ1) is 5.60. The molecule has 0 spiro atoms. The van der Waals surface area contributed by atoms with Crippen molar-refractivity contribution >= 4 is 27.5 Å². The summed E-state index contributed by atoms with van der Waals surface area (Å²) in [4.78, 5) is 0. The molecule has 0 N–H and O–H groups in total. The van der Waals surface area contributed by atoms with Crippen molar-refractivity contribution in [1.82, 2.24) is 9.78 Å². The van der Waals surface area contributed by atoms with E-state index >= 15 is 0 Å². The Hall–Kier alpha value is -0.0200. The van der Waals surface area contributed by atoms with E-state index in [2.05, 4.69) is 21.0 Å². The molecule has 12 heavy (non-hydrogen) atoms. The van der Waals surface area contributed by atoms with Gasteiger partial charge in [0.15, 0.2) is 3.91 Å². The number of halogens is 2. The van der Waals surface area contributed by atoms with Crippen molar-refractivity contribution in [3.63, 3.8) is 0 Å². The van der Waals surface area contributed by atoms with Gasteiger partial charge in [0, 0.05) is 12.1 Å². The quantitative estimate of drug-likeness (QED) is 0.737. The van der Waals surface area contributed by atoms with E-state index in [4.69, 9.17) is 11.6 Å². The van der Waals surface area contributed by atoms with Gasteiger partial charge in [0.2, 0.25) is 0 Å². The summed E-state index contributed by atoms with van der Waals surface area (Å²) >= 11 is 9.79. The Balaban J connectivity index is 2.27. The van der Waals surface area contributed by atoms with Gasteiger partial charge in [0.25, 0.3) is 0 Å². The minimum atomic E-state index is -0.485. The molecule has 1 aliphatic carbocycles. The van der Waals surface area contributed by atoms with Crippen molar-refractivity contribution in [2.45, 2.75) is 23.7 Å². The van der Waals surface area contributed by atoms with Crippen molar-refractivity contribution in [2.75, 3.05) is 0 Å². The van der Waals surface area contributed by atoms with Crippen molar-refractivity contribution in [2.24, 2.45) is 5.92 Å². The van der Waals surface area contributed by atoms with Crippen LogP contribution in [0.5, 0.6) is 0 Å². The first kappa shape index (κ1) is 8.57. The Bertz CT molecular complexity index is 291. The molecule has 1 aromatic heterocycles. The van der Waals surface area contributed by atoms with Crippen LogP contribution in [-0.4, -0.2) is 9.78 Å². The van der Waals surface area contributed by atoms with Crippen molar-refractivity contribution in [3.8, 4) is 0 Å². The van der Waals surface area contributed by atoms with Crippen LogP contribution < -0.4 is 0 Å². The monoisotopic (exact) mass is 248 g/mol. The number of aryl methyl sites for hydroxylation is 1. The van der Waals surface area contributed by atoms with Crippen molar-refractivity contribution in [1.29, 1.82) is 0 Å². The summed E-state index contributed by atoms with van der Waals surface area (Å²) in [6.07, 6.45) is 4.29. The van der Waals surface area contributed by atoms with E-state index in [0.29, 0.717) is 5.92 Å². The van der Waals surface area contributed by atoms with Gasteiger partial charge < -0.3 is 0 Å². The SMILES string of the molecule is Cc1ccn(C(Cl)(Br)C2CC2)n1. The van der Waals surface area contributed by atoms with E-state index in [1.54, 1.807) is 4.68 Å². The largest absolute Gasteiger partial charge is 0.241 e. The highest BCUT2D eigenvalue weighted by Gasteiger charge is 2.43. The standard InChI is InChI=1S/C8H10BrClN2/c1-6-4-5-12(11-6)8(9,10)7-2-3-7/h4-5,7H,2-3H2,1H3. The van der Waals surface area contributed by atoms with Gasteiger partial charge in [-0.3, -0.25) is 0 Å². The van der Waals surface area contributed by atoms with Gasteiger partial charge in [-0.2, -0.15) is 5.10 Å². The van der Waals surface area contributed by atoms with Crippen LogP contribution >= 0.6 is 27.5 Å². The van der Waals surface area contributed by atoms with E-state index in [0.717, 1.165) is 5.69 Å². The lowest BCUT2D eigenvalue weighted by atomic mass is 10.4. The number of rotatable bonds is 2. The summed E-state index contributed by atoms with van der Waals surface area (Å²) in [6, 6.07) is 1.96. The molecule has 0 amide bonds. The highest BCUT2D eigenvalue weighted by Crippen LogP contribution is 2.50. The second-order valence-electron chi connectivity index (χ2n) is 3.26. The molecule has 2 nitrogen and oxygen atoms in total. The van der Waals surface area contributed by atoms with Gasteiger partial charge in [-0.25, -0.2) is 4.68 Å². The molecule has 1 saturated carbocycles. The van der Waals surface area contributed by atoms with Crippen LogP contribution in [0, 0.1) is 12.8 Å². The van der Waals surface area contributed by atoms with E-state index in [9.17, 15) is 0 Å². The molecular formula is C8H10BrClN2. The summed E-state index contributed by atoms with van der Waals surface area (Å²) in [5.74, 6) is 0.526. The second-order valence-corrected chi connectivity index (χ2v) is 5.51. The highest BCUT2D eigenvalue weighted by atomic mass is 79.9. The summed E-state index contributed by atoms with van der Waals surface area (Å²) < 4.78 is 1.31. The van der Waals surface area contributed by atoms with Crippen molar-refractivity contribution < 1.29 is 0 Å². The minimum absolute atomic E-state index is 0.485. The third-order valence-corrected chi connectivity index (χ3v) is 3.59. The molecule has 0 bridgehead atoms. The van der Waals surface area contributed by atoms with Crippen molar-refractivity contribution in [3.05, 3.63) is 18.0 Å². The smallest absolute Gasteiger partial charge is 0.192 e. The molecule has 1 fully saturated rings. The molecule has 1 unspecified atom stereocenters. The number of hydrogen-bond acceptors (Lipinski definition) is 1. The highest BCUT2D eigenvalue weighted by molar-refractivity contribution is 9.10. The van der Waals surface area contributed by atoms with Crippen LogP contribution in [0.4, 0.5) is 0 Å². The van der Waals surface area contributed by atoms with Crippen LogP contribution in [0.25, 0.3) is 0 Å². The van der Waals surface area contributed by atoms with Crippen LogP contribution in [0.15, 0.2) is 12.3 Å². The maximum Gasteiger partial charge on any atom is 0.192 e. The van der Waals surface area contributed by atoms with Crippen LogP contribution in [0.2, 0.25) is 0 Å².